The van der Waals surface area contributed by atoms with Crippen molar-refractivity contribution in [2.75, 3.05) is 13.2 Å². The molecule has 1 aromatic rings. The van der Waals surface area contributed by atoms with Gasteiger partial charge in [0.2, 0.25) is 0 Å². The minimum Gasteiger partial charge on any atom is -0.491 e. The molecule has 0 saturated carbocycles. The summed E-state index contributed by atoms with van der Waals surface area (Å²) in [5, 5.41) is 11.1. The molecule has 0 aliphatic carbocycles. The van der Waals surface area contributed by atoms with Crippen LogP contribution in [0.3, 0.4) is 0 Å². The van der Waals surface area contributed by atoms with E-state index in [9.17, 15) is 4.79 Å². The second kappa shape index (κ2) is 5.99. The van der Waals surface area contributed by atoms with E-state index >= 15 is 0 Å². The molecule has 1 aliphatic rings. The lowest BCUT2D eigenvalue weighted by molar-refractivity contribution is 0.201. The molecule has 2 rings (SSSR count). The van der Waals surface area contributed by atoms with Crippen LogP contribution in [0.1, 0.15) is 5.56 Å². The Hall–Kier alpha value is -1.37. The molecule has 18 heavy (non-hydrogen) atoms. The van der Waals surface area contributed by atoms with Crippen LogP contribution in [0.15, 0.2) is 29.2 Å². The number of rotatable bonds is 4. The second-order valence-electron chi connectivity index (χ2n) is 3.46. The number of aliphatic hydroxyl groups excluding tert-OH is 1. The first-order valence-electron chi connectivity index (χ1n) is 5.28. The Kier molecular flexibility index (Phi) is 4.35. The fourth-order valence-corrected chi connectivity index (χ4v) is 2.47. The number of hydrogen-bond donors (Lipinski definition) is 2. The summed E-state index contributed by atoms with van der Waals surface area (Å²) >= 11 is 6.11. The number of nitrogens with one attached hydrogen (secondary N) is 1. The van der Waals surface area contributed by atoms with Gasteiger partial charge < -0.3 is 15.2 Å². The highest BCUT2D eigenvalue weighted by Crippen LogP contribution is 2.29. The van der Waals surface area contributed by atoms with E-state index in [1.807, 2.05) is 18.2 Å². The third-order valence-electron chi connectivity index (χ3n) is 2.20. The van der Waals surface area contributed by atoms with E-state index in [0.717, 1.165) is 17.3 Å². The summed E-state index contributed by atoms with van der Waals surface area (Å²) in [7, 11) is 0. The van der Waals surface area contributed by atoms with Crippen molar-refractivity contribution in [2.45, 2.75) is 0 Å². The van der Waals surface area contributed by atoms with Crippen LogP contribution in [-0.4, -0.2) is 28.5 Å². The third kappa shape index (κ3) is 3.10. The van der Waals surface area contributed by atoms with E-state index in [4.69, 9.17) is 22.1 Å². The molecular weight excluding hydrogens is 270 g/mol. The Balaban J connectivity index is 2.25. The number of thiocarbonyl (C=S) groups is 1. The monoisotopic (exact) mass is 281 g/mol. The van der Waals surface area contributed by atoms with E-state index in [0.29, 0.717) is 15.6 Å². The van der Waals surface area contributed by atoms with Crippen LogP contribution in [0.2, 0.25) is 0 Å². The summed E-state index contributed by atoms with van der Waals surface area (Å²) in [6.45, 7) is 0.188. The largest absolute Gasteiger partial charge is 0.491 e. The van der Waals surface area contributed by atoms with Crippen LogP contribution in [-0.2, 0) is 0 Å². The topological polar surface area (TPSA) is 58.6 Å². The lowest BCUT2D eigenvalue weighted by Crippen LogP contribution is -2.15. The van der Waals surface area contributed by atoms with Crippen molar-refractivity contribution in [3.8, 4) is 5.75 Å². The van der Waals surface area contributed by atoms with Crippen LogP contribution < -0.4 is 10.1 Å². The van der Waals surface area contributed by atoms with E-state index in [-0.39, 0.29) is 18.5 Å². The first-order chi connectivity index (χ1) is 8.70. The number of ether oxygens (including phenoxy) is 1. The number of para-hydroxylation sites is 1. The molecule has 1 amide bonds. The number of carbonyl (C=O) groups excluding carboxylic acids is 1. The molecule has 6 heteroatoms. The molecule has 1 aliphatic heterocycles. The molecule has 94 valence electrons. The minimum atomic E-state index is -0.167. The van der Waals surface area contributed by atoms with Crippen molar-refractivity contribution in [3.63, 3.8) is 0 Å². The van der Waals surface area contributed by atoms with Crippen LogP contribution in [0, 0.1) is 0 Å². The van der Waals surface area contributed by atoms with Crippen molar-refractivity contribution < 1.29 is 14.6 Å². The van der Waals surface area contributed by atoms with Gasteiger partial charge in [-0.2, -0.15) is 0 Å². The number of aliphatic hydroxyl groups is 1. The lowest BCUT2D eigenvalue weighted by Gasteiger charge is -2.07. The van der Waals surface area contributed by atoms with Gasteiger partial charge in [0, 0.05) is 5.56 Å². The molecule has 0 unspecified atom stereocenters. The Morgan fingerprint density at radius 3 is 2.89 bits per heavy atom. The fourth-order valence-electron chi connectivity index (χ4n) is 1.45. The zero-order valence-corrected chi connectivity index (χ0v) is 11.0. The van der Waals surface area contributed by atoms with E-state index in [2.05, 4.69) is 5.32 Å². The van der Waals surface area contributed by atoms with Gasteiger partial charge in [-0.3, -0.25) is 4.79 Å². The molecule has 0 radical (unpaired) electrons. The number of carbonyl (C=O) groups is 1. The number of amides is 1. The smallest absolute Gasteiger partial charge is 0.289 e. The van der Waals surface area contributed by atoms with Crippen molar-refractivity contribution in [1.82, 2.24) is 5.32 Å². The molecule has 0 bridgehead atoms. The maximum atomic E-state index is 11.2. The van der Waals surface area contributed by atoms with Gasteiger partial charge >= 0.3 is 0 Å². The first kappa shape index (κ1) is 13.1. The summed E-state index contributed by atoms with van der Waals surface area (Å²) < 4.78 is 5.41. The average Bonchev–Trinajstić information content (AvgIpc) is 2.67. The molecule has 1 fully saturated rings. The van der Waals surface area contributed by atoms with E-state index in [1.165, 1.54) is 0 Å². The van der Waals surface area contributed by atoms with Gasteiger partial charge in [-0.25, -0.2) is 0 Å². The van der Waals surface area contributed by atoms with Crippen LogP contribution in [0.4, 0.5) is 4.79 Å². The third-order valence-corrected chi connectivity index (χ3v) is 3.48. The van der Waals surface area contributed by atoms with Crippen LogP contribution >= 0.6 is 24.0 Å². The Morgan fingerprint density at radius 2 is 2.22 bits per heavy atom. The number of thioether (sulfide) groups is 1. The maximum Gasteiger partial charge on any atom is 0.289 e. The zero-order chi connectivity index (χ0) is 13.0. The normalized spacial score (nSPS) is 17.1. The zero-order valence-electron chi connectivity index (χ0n) is 9.38. The Bertz CT molecular complexity index is 514. The highest BCUT2D eigenvalue weighted by molar-refractivity contribution is 8.19. The van der Waals surface area contributed by atoms with Gasteiger partial charge in [0.25, 0.3) is 5.24 Å². The summed E-state index contributed by atoms with van der Waals surface area (Å²) in [6, 6.07) is 7.39. The summed E-state index contributed by atoms with van der Waals surface area (Å²) in [4.78, 5) is 12.3. The SMILES string of the molecule is O=C1NC(=S)/C(=C\c2ccccc2OCCO)S1. The Morgan fingerprint density at radius 1 is 1.44 bits per heavy atom. The highest BCUT2D eigenvalue weighted by atomic mass is 32.2. The predicted molar refractivity (Wildman–Crippen MR) is 75.7 cm³/mol. The van der Waals surface area contributed by atoms with Gasteiger partial charge in [-0.05, 0) is 23.9 Å². The van der Waals surface area contributed by atoms with Gasteiger partial charge in [0.15, 0.2) is 0 Å². The van der Waals surface area contributed by atoms with E-state index < -0.39 is 0 Å². The molecule has 4 nitrogen and oxygen atoms in total. The molecule has 0 atom stereocenters. The van der Waals surface area contributed by atoms with Crippen molar-refractivity contribution in [1.29, 1.82) is 0 Å². The predicted octanol–water partition coefficient (Wildman–Crippen LogP) is 2.18. The average molecular weight is 281 g/mol. The standard InChI is InChI=1S/C12H11NO3S2/c14-5-6-16-9-4-2-1-3-8(9)7-10-11(17)13-12(15)18-10/h1-4,7,14H,5-6H2,(H,13,15,17)/b10-7+. The fraction of sp³-hybridized carbons (Fsp3) is 0.167. The number of hydrogen-bond acceptors (Lipinski definition) is 5. The molecule has 1 aromatic carbocycles. The molecule has 1 heterocycles. The van der Waals surface area contributed by atoms with Gasteiger partial charge in [0.1, 0.15) is 17.3 Å². The summed E-state index contributed by atoms with van der Waals surface area (Å²) in [5.41, 5.74) is 0.826. The van der Waals surface area contributed by atoms with Gasteiger partial charge in [0.05, 0.1) is 11.5 Å². The Labute approximate surface area is 114 Å². The molecule has 0 spiro atoms. The second-order valence-corrected chi connectivity index (χ2v) is 4.89. The van der Waals surface area contributed by atoms with Crippen LogP contribution in [0.25, 0.3) is 6.08 Å². The van der Waals surface area contributed by atoms with Gasteiger partial charge in [-0.1, -0.05) is 30.4 Å². The summed E-state index contributed by atoms with van der Waals surface area (Å²) in [5.74, 6) is 0.654. The van der Waals surface area contributed by atoms with Gasteiger partial charge in [-0.15, -0.1) is 0 Å². The minimum absolute atomic E-state index is 0.0435. The van der Waals surface area contributed by atoms with E-state index in [1.54, 1.807) is 12.1 Å². The lowest BCUT2D eigenvalue weighted by atomic mass is 10.2. The molecule has 1 saturated heterocycles. The van der Waals surface area contributed by atoms with Crippen molar-refractivity contribution in [2.24, 2.45) is 0 Å². The summed E-state index contributed by atoms with van der Waals surface area (Å²) in [6.07, 6.45) is 1.80. The number of benzene rings is 1. The highest BCUT2D eigenvalue weighted by Gasteiger charge is 2.21. The van der Waals surface area contributed by atoms with Crippen molar-refractivity contribution >= 4 is 40.3 Å². The van der Waals surface area contributed by atoms with Crippen LogP contribution in [0.5, 0.6) is 5.75 Å². The molecule has 0 aromatic heterocycles. The molecular formula is C12H11NO3S2. The molecule has 2 N–H and O–H groups in total. The maximum absolute atomic E-state index is 11.2. The quantitative estimate of drug-likeness (QED) is 0.654. The van der Waals surface area contributed by atoms with Crippen molar-refractivity contribution in [3.05, 3.63) is 34.7 Å². The first-order valence-corrected chi connectivity index (χ1v) is 6.50.